The van der Waals surface area contributed by atoms with Gasteiger partial charge in [0.1, 0.15) is 0 Å². The monoisotopic (exact) mass is 717 g/mol. The molecule has 0 radical (unpaired) electrons. The first-order valence-corrected chi connectivity index (χ1v) is 15.2. The van der Waals surface area contributed by atoms with Crippen molar-refractivity contribution >= 4 is 114 Å². The average Bonchev–Trinajstić information content (AvgIpc) is 3.38. The van der Waals surface area contributed by atoms with E-state index in [0.717, 1.165) is 15.7 Å². The number of aromatic nitrogens is 1. The lowest BCUT2D eigenvalue weighted by molar-refractivity contribution is -0.115. The van der Waals surface area contributed by atoms with Crippen molar-refractivity contribution in [3.05, 3.63) is 89.6 Å². The number of carboxylic acid groups (broad SMARTS) is 1. The van der Waals surface area contributed by atoms with Crippen molar-refractivity contribution in [1.82, 2.24) is 4.98 Å². The van der Waals surface area contributed by atoms with Gasteiger partial charge in [-0.2, -0.15) is 0 Å². The Balaban J connectivity index is 1.45. The van der Waals surface area contributed by atoms with Gasteiger partial charge in [0, 0.05) is 26.0 Å². The fourth-order valence-corrected chi connectivity index (χ4v) is 6.37. The molecule has 1 aromatic heterocycles. The third-order valence-corrected chi connectivity index (χ3v) is 9.54. The van der Waals surface area contributed by atoms with Gasteiger partial charge in [0.15, 0.2) is 5.13 Å². The van der Waals surface area contributed by atoms with Gasteiger partial charge in [-0.05, 0) is 37.3 Å². The summed E-state index contributed by atoms with van der Waals surface area (Å²) in [6.45, 7) is 1.74. The van der Waals surface area contributed by atoms with Gasteiger partial charge in [-0.1, -0.05) is 80.5 Å². The largest absolute Gasteiger partial charge is 0.478 e. The number of nitrogens with one attached hydrogen (secondary N) is 2. The molecule has 0 bridgehead atoms. The fraction of sp³-hybridized carbons (Fsp3) is 0.0769. The van der Waals surface area contributed by atoms with Gasteiger partial charge >= 0.3 is 5.97 Å². The summed E-state index contributed by atoms with van der Waals surface area (Å²) in [5, 5.41) is 15.6. The molecule has 7 nitrogen and oxygen atoms in total. The molecule has 0 spiro atoms. The van der Waals surface area contributed by atoms with Crippen LogP contribution < -0.4 is 10.6 Å². The number of thiazole rings is 1. The molecule has 2 amide bonds. The van der Waals surface area contributed by atoms with E-state index in [4.69, 9.17) is 46.4 Å². The van der Waals surface area contributed by atoms with E-state index in [2.05, 4.69) is 31.5 Å². The summed E-state index contributed by atoms with van der Waals surface area (Å²) in [6.07, 6.45) is 0. The molecule has 0 saturated heterocycles. The van der Waals surface area contributed by atoms with Gasteiger partial charge in [-0.15, -0.1) is 23.1 Å². The topological polar surface area (TPSA) is 108 Å². The zero-order chi connectivity index (χ0) is 29.1. The molecule has 206 valence electrons. The summed E-state index contributed by atoms with van der Waals surface area (Å²) in [6, 6.07) is 14.4. The summed E-state index contributed by atoms with van der Waals surface area (Å²) in [5.41, 5.74) is 1.02. The Morgan fingerprint density at radius 1 is 0.950 bits per heavy atom. The van der Waals surface area contributed by atoms with Gasteiger partial charge in [0.25, 0.3) is 5.91 Å². The number of carbonyl (C=O) groups is 3. The molecule has 40 heavy (non-hydrogen) atoms. The maximum atomic E-state index is 13.0. The first-order valence-electron chi connectivity index (χ1n) is 11.2. The van der Waals surface area contributed by atoms with Crippen LogP contribution in [0.5, 0.6) is 0 Å². The van der Waals surface area contributed by atoms with Crippen LogP contribution in [0.1, 0.15) is 27.6 Å². The molecule has 4 aromatic rings. The van der Waals surface area contributed by atoms with Gasteiger partial charge in [0.05, 0.1) is 42.2 Å². The second kappa shape index (κ2) is 13.1. The quantitative estimate of drug-likeness (QED) is 0.0952. The van der Waals surface area contributed by atoms with E-state index in [-0.39, 0.29) is 21.0 Å². The first kappa shape index (κ1) is 30.6. The number of carboxylic acids is 1. The molecule has 3 N–H and O–H groups in total. The van der Waals surface area contributed by atoms with Gasteiger partial charge < -0.3 is 15.7 Å². The number of thioether (sulfide) groups is 1. The van der Waals surface area contributed by atoms with Crippen LogP contribution in [0, 0.1) is 0 Å². The predicted octanol–water partition coefficient (Wildman–Crippen LogP) is 9.26. The summed E-state index contributed by atoms with van der Waals surface area (Å²) in [4.78, 5) is 42.8. The molecular formula is C26H16BrCl4N3O4S2. The Morgan fingerprint density at radius 2 is 1.60 bits per heavy atom. The number of rotatable bonds is 8. The second-order valence-electron chi connectivity index (χ2n) is 8.09. The SMILES string of the molecule is CC(Sc1cccc(NC(=O)c2c(Cl)c(Cl)c(Cl)c(Cl)c2C(=O)O)c1)C(=O)Nc1nc(-c2ccc(Br)cc2)cs1. The molecule has 3 aromatic carbocycles. The Hall–Kier alpha value is -2.31. The lowest BCUT2D eigenvalue weighted by Gasteiger charge is -2.15. The number of benzene rings is 3. The van der Waals surface area contributed by atoms with Crippen LogP contribution in [-0.2, 0) is 4.79 Å². The number of hydrogen-bond acceptors (Lipinski definition) is 6. The Kier molecular flexibility index (Phi) is 10.0. The number of amides is 2. The Bertz CT molecular complexity index is 1630. The summed E-state index contributed by atoms with van der Waals surface area (Å²) < 4.78 is 0.960. The minimum atomic E-state index is -1.50. The van der Waals surface area contributed by atoms with Crippen molar-refractivity contribution in [2.24, 2.45) is 0 Å². The maximum absolute atomic E-state index is 13.0. The zero-order valence-electron chi connectivity index (χ0n) is 20.1. The molecule has 0 fully saturated rings. The van der Waals surface area contributed by atoms with Crippen LogP contribution >= 0.6 is 85.4 Å². The van der Waals surface area contributed by atoms with E-state index >= 15 is 0 Å². The lowest BCUT2D eigenvalue weighted by atomic mass is 10.1. The lowest BCUT2D eigenvalue weighted by Crippen LogP contribution is -2.22. The van der Waals surface area contributed by atoms with E-state index in [1.807, 2.05) is 29.6 Å². The molecule has 14 heteroatoms. The molecule has 0 saturated carbocycles. The smallest absolute Gasteiger partial charge is 0.338 e. The van der Waals surface area contributed by atoms with Crippen LogP contribution in [0.4, 0.5) is 10.8 Å². The van der Waals surface area contributed by atoms with Crippen molar-refractivity contribution in [2.75, 3.05) is 10.6 Å². The standard InChI is InChI=1S/C26H16BrCl4N3O4S2/c1-11(23(35)34-26-33-16(10-39-26)12-5-7-13(27)8-6-12)40-15-4-2-3-14(9-15)32-24(36)17-18(25(37)38)20(29)22(31)21(30)19(17)28/h2-11H,1H3,(H,32,36)(H,37,38)(H,33,34,35). The highest BCUT2D eigenvalue weighted by molar-refractivity contribution is 9.10. The highest BCUT2D eigenvalue weighted by atomic mass is 79.9. The first-order chi connectivity index (χ1) is 19.0. The maximum Gasteiger partial charge on any atom is 0.338 e. The molecule has 1 heterocycles. The van der Waals surface area contributed by atoms with Crippen LogP contribution in [-0.4, -0.2) is 33.1 Å². The third-order valence-electron chi connectivity index (χ3n) is 5.36. The summed E-state index contributed by atoms with van der Waals surface area (Å²) in [7, 11) is 0. The van der Waals surface area contributed by atoms with Gasteiger partial charge in [0.2, 0.25) is 5.91 Å². The molecule has 0 aliphatic rings. The minimum absolute atomic E-state index is 0.239. The number of halogens is 5. The van der Waals surface area contributed by atoms with Crippen LogP contribution in [0.25, 0.3) is 11.3 Å². The Morgan fingerprint density at radius 3 is 2.25 bits per heavy atom. The molecule has 4 rings (SSSR count). The van der Waals surface area contributed by atoms with Crippen molar-refractivity contribution in [3.63, 3.8) is 0 Å². The number of carbonyl (C=O) groups excluding carboxylic acids is 2. The zero-order valence-corrected chi connectivity index (χ0v) is 26.3. The molecule has 1 unspecified atom stereocenters. The molecule has 0 aliphatic heterocycles. The molecule has 1 atom stereocenters. The van der Waals surface area contributed by atoms with Crippen molar-refractivity contribution in [1.29, 1.82) is 0 Å². The van der Waals surface area contributed by atoms with Gasteiger partial charge in [-0.3, -0.25) is 9.59 Å². The van der Waals surface area contributed by atoms with Crippen LogP contribution in [0.3, 0.4) is 0 Å². The van der Waals surface area contributed by atoms with E-state index < -0.39 is 33.3 Å². The number of nitrogens with zero attached hydrogens (tertiary/aromatic N) is 1. The molecule has 0 aliphatic carbocycles. The number of hydrogen-bond donors (Lipinski definition) is 3. The van der Waals surface area contributed by atoms with Crippen LogP contribution in [0.15, 0.2) is 63.3 Å². The van der Waals surface area contributed by atoms with Crippen LogP contribution in [0.2, 0.25) is 20.1 Å². The summed E-state index contributed by atoms with van der Waals surface area (Å²) >= 11 is 30.2. The van der Waals surface area contributed by atoms with E-state index in [1.165, 1.54) is 23.1 Å². The fourth-order valence-electron chi connectivity index (χ4n) is 3.44. The number of aromatic carboxylic acids is 1. The highest BCUT2D eigenvalue weighted by Crippen LogP contribution is 2.42. The van der Waals surface area contributed by atoms with Crippen molar-refractivity contribution < 1.29 is 19.5 Å². The van der Waals surface area contributed by atoms with E-state index in [9.17, 15) is 19.5 Å². The minimum Gasteiger partial charge on any atom is -0.478 e. The van der Waals surface area contributed by atoms with E-state index in [0.29, 0.717) is 15.7 Å². The van der Waals surface area contributed by atoms with Crippen molar-refractivity contribution in [3.8, 4) is 11.3 Å². The average molecular weight is 720 g/mol. The van der Waals surface area contributed by atoms with Crippen molar-refractivity contribution in [2.45, 2.75) is 17.1 Å². The third kappa shape index (κ3) is 6.94. The number of anilines is 2. The second-order valence-corrected chi connectivity index (χ2v) is 12.8. The Labute approximate surface area is 265 Å². The predicted molar refractivity (Wildman–Crippen MR) is 167 cm³/mol. The molecular weight excluding hydrogens is 704 g/mol. The van der Waals surface area contributed by atoms with E-state index in [1.54, 1.807) is 31.2 Å². The normalized spacial score (nSPS) is 11.7. The highest BCUT2D eigenvalue weighted by Gasteiger charge is 2.29. The van der Waals surface area contributed by atoms with Gasteiger partial charge in [-0.25, -0.2) is 9.78 Å². The summed E-state index contributed by atoms with van der Waals surface area (Å²) in [5.74, 6) is -2.59.